The summed E-state index contributed by atoms with van der Waals surface area (Å²) in [6.07, 6.45) is 0. The standard InChI is InChI=1S/C12H9BrFNO2S/c1-2-17-11(16)9-10(18-12(13)15-9)7-4-3-5-8(14)6-7/h3-6H,2H2,1H3. The summed E-state index contributed by atoms with van der Waals surface area (Å²) in [5.41, 5.74) is 0.820. The van der Waals surface area contributed by atoms with E-state index in [-0.39, 0.29) is 18.1 Å². The van der Waals surface area contributed by atoms with Gasteiger partial charge in [-0.25, -0.2) is 14.2 Å². The first-order valence-electron chi connectivity index (χ1n) is 5.21. The van der Waals surface area contributed by atoms with Gasteiger partial charge in [0.15, 0.2) is 9.61 Å². The lowest BCUT2D eigenvalue weighted by molar-refractivity contribution is 0.0521. The molecule has 1 heterocycles. The summed E-state index contributed by atoms with van der Waals surface area (Å²) in [7, 11) is 0. The van der Waals surface area contributed by atoms with E-state index in [0.717, 1.165) is 0 Å². The molecule has 94 valence electrons. The van der Waals surface area contributed by atoms with Crippen LogP contribution in [0.5, 0.6) is 0 Å². The maximum Gasteiger partial charge on any atom is 0.358 e. The number of hydrogen-bond acceptors (Lipinski definition) is 4. The Morgan fingerprint density at radius 2 is 2.33 bits per heavy atom. The van der Waals surface area contributed by atoms with E-state index in [4.69, 9.17) is 4.74 Å². The summed E-state index contributed by atoms with van der Waals surface area (Å²) < 4.78 is 18.7. The molecule has 2 aromatic rings. The predicted molar refractivity (Wildman–Crippen MR) is 71.2 cm³/mol. The Bertz CT molecular complexity index is 585. The molecular formula is C12H9BrFNO2S. The van der Waals surface area contributed by atoms with Crippen LogP contribution in [0.3, 0.4) is 0 Å². The van der Waals surface area contributed by atoms with Gasteiger partial charge in [-0.3, -0.25) is 0 Å². The van der Waals surface area contributed by atoms with Crippen molar-refractivity contribution in [2.45, 2.75) is 6.92 Å². The van der Waals surface area contributed by atoms with E-state index in [9.17, 15) is 9.18 Å². The molecule has 0 fully saturated rings. The van der Waals surface area contributed by atoms with Crippen molar-refractivity contribution in [1.82, 2.24) is 4.98 Å². The van der Waals surface area contributed by atoms with Crippen LogP contribution >= 0.6 is 27.3 Å². The fourth-order valence-electron chi connectivity index (χ4n) is 1.46. The zero-order valence-corrected chi connectivity index (χ0v) is 11.8. The van der Waals surface area contributed by atoms with Gasteiger partial charge in [-0.15, -0.1) is 11.3 Å². The average molecular weight is 330 g/mol. The molecule has 0 amide bonds. The molecule has 0 aliphatic rings. The van der Waals surface area contributed by atoms with E-state index < -0.39 is 5.97 Å². The molecule has 0 unspecified atom stereocenters. The average Bonchev–Trinajstić information content (AvgIpc) is 2.72. The quantitative estimate of drug-likeness (QED) is 0.802. The minimum atomic E-state index is -0.501. The number of halogens is 2. The number of ether oxygens (including phenoxy) is 1. The van der Waals surface area contributed by atoms with Crippen LogP contribution in [-0.2, 0) is 4.74 Å². The monoisotopic (exact) mass is 329 g/mol. The first-order valence-corrected chi connectivity index (χ1v) is 6.82. The van der Waals surface area contributed by atoms with Crippen molar-refractivity contribution in [3.05, 3.63) is 39.7 Å². The van der Waals surface area contributed by atoms with E-state index in [2.05, 4.69) is 20.9 Å². The Hall–Kier alpha value is -1.27. The third-order valence-corrected chi connectivity index (χ3v) is 3.71. The van der Waals surface area contributed by atoms with Crippen molar-refractivity contribution in [3.8, 4) is 10.4 Å². The number of carbonyl (C=O) groups is 1. The number of thiazole rings is 1. The number of hydrogen-bond donors (Lipinski definition) is 0. The van der Waals surface area contributed by atoms with E-state index in [1.807, 2.05) is 0 Å². The first kappa shape index (κ1) is 13.2. The molecule has 2 rings (SSSR count). The molecule has 0 bridgehead atoms. The normalized spacial score (nSPS) is 10.4. The van der Waals surface area contributed by atoms with Crippen molar-refractivity contribution in [1.29, 1.82) is 0 Å². The Morgan fingerprint density at radius 3 is 3.00 bits per heavy atom. The maximum absolute atomic E-state index is 13.2. The lowest BCUT2D eigenvalue weighted by Crippen LogP contribution is -2.06. The molecule has 0 radical (unpaired) electrons. The molecule has 18 heavy (non-hydrogen) atoms. The SMILES string of the molecule is CCOC(=O)c1nc(Br)sc1-c1cccc(F)c1. The summed E-state index contributed by atoms with van der Waals surface area (Å²) in [5.74, 6) is -0.856. The van der Waals surface area contributed by atoms with Gasteiger partial charge in [0, 0.05) is 0 Å². The lowest BCUT2D eigenvalue weighted by Gasteiger charge is -2.02. The van der Waals surface area contributed by atoms with Crippen LogP contribution in [0.4, 0.5) is 4.39 Å². The topological polar surface area (TPSA) is 39.2 Å². The highest BCUT2D eigenvalue weighted by Gasteiger charge is 2.20. The van der Waals surface area contributed by atoms with Gasteiger partial charge >= 0.3 is 5.97 Å². The van der Waals surface area contributed by atoms with Crippen LogP contribution in [0.25, 0.3) is 10.4 Å². The van der Waals surface area contributed by atoms with Crippen molar-refractivity contribution < 1.29 is 13.9 Å². The number of aromatic nitrogens is 1. The van der Waals surface area contributed by atoms with Gasteiger partial charge < -0.3 is 4.74 Å². The minimum absolute atomic E-state index is 0.208. The van der Waals surface area contributed by atoms with Gasteiger partial charge in [-0.05, 0) is 40.5 Å². The van der Waals surface area contributed by atoms with E-state index in [1.54, 1.807) is 19.1 Å². The molecule has 0 saturated heterocycles. The molecule has 1 aromatic heterocycles. The van der Waals surface area contributed by atoms with Crippen LogP contribution in [-0.4, -0.2) is 17.6 Å². The van der Waals surface area contributed by atoms with Crippen LogP contribution < -0.4 is 0 Å². The molecule has 1 aromatic carbocycles. The van der Waals surface area contributed by atoms with Gasteiger partial charge in [-0.2, -0.15) is 0 Å². The number of benzene rings is 1. The Morgan fingerprint density at radius 1 is 1.56 bits per heavy atom. The van der Waals surface area contributed by atoms with Crippen molar-refractivity contribution in [2.75, 3.05) is 6.61 Å². The third-order valence-electron chi connectivity index (χ3n) is 2.16. The molecule has 0 spiro atoms. The van der Waals surface area contributed by atoms with Crippen LogP contribution in [0.1, 0.15) is 17.4 Å². The first-order chi connectivity index (χ1) is 8.61. The predicted octanol–water partition coefficient (Wildman–Crippen LogP) is 3.89. The second kappa shape index (κ2) is 5.58. The fourth-order valence-corrected chi connectivity index (χ4v) is 2.90. The van der Waals surface area contributed by atoms with E-state index >= 15 is 0 Å². The van der Waals surface area contributed by atoms with Gasteiger partial charge in [-0.1, -0.05) is 12.1 Å². The summed E-state index contributed by atoms with van der Waals surface area (Å²) in [6.45, 7) is 2.00. The number of carbonyl (C=O) groups excluding carboxylic acids is 1. The van der Waals surface area contributed by atoms with Crippen molar-refractivity contribution in [3.63, 3.8) is 0 Å². The van der Waals surface area contributed by atoms with Gasteiger partial charge in [0.2, 0.25) is 0 Å². The van der Waals surface area contributed by atoms with E-state index in [1.165, 1.54) is 23.5 Å². The molecule has 0 aliphatic heterocycles. The summed E-state index contributed by atoms with van der Waals surface area (Å²) in [6, 6.07) is 6.03. The second-order valence-electron chi connectivity index (χ2n) is 3.38. The Kier molecular flexibility index (Phi) is 4.08. The Balaban J connectivity index is 2.47. The van der Waals surface area contributed by atoms with E-state index in [0.29, 0.717) is 14.4 Å². The highest BCUT2D eigenvalue weighted by Crippen LogP contribution is 2.33. The molecule has 6 heteroatoms. The lowest BCUT2D eigenvalue weighted by atomic mass is 10.1. The molecule has 0 aliphatic carbocycles. The highest BCUT2D eigenvalue weighted by atomic mass is 79.9. The van der Waals surface area contributed by atoms with Crippen molar-refractivity contribution in [2.24, 2.45) is 0 Å². The summed E-state index contributed by atoms with van der Waals surface area (Å²) in [5, 5.41) is 0. The second-order valence-corrected chi connectivity index (χ2v) is 5.65. The summed E-state index contributed by atoms with van der Waals surface area (Å²) in [4.78, 5) is 16.4. The maximum atomic E-state index is 13.2. The zero-order chi connectivity index (χ0) is 13.1. The third kappa shape index (κ3) is 2.76. The van der Waals surface area contributed by atoms with Gasteiger partial charge in [0.05, 0.1) is 11.5 Å². The van der Waals surface area contributed by atoms with Gasteiger partial charge in [0.25, 0.3) is 0 Å². The fraction of sp³-hybridized carbons (Fsp3) is 0.167. The molecule has 0 saturated carbocycles. The molecule has 0 N–H and O–H groups in total. The van der Waals surface area contributed by atoms with Crippen LogP contribution in [0.15, 0.2) is 28.2 Å². The number of esters is 1. The Labute approximate surface area is 116 Å². The molecular weight excluding hydrogens is 321 g/mol. The van der Waals surface area contributed by atoms with Crippen LogP contribution in [0, 0.1) is 5.82 Å². The molecule has 0 atom stereocenters. The minimum Gasteiger partial charge on any atom is -0.461 e. The number of nitrogens with zero attached hydrogens (tertiary/aromatic N) is 1. The van der Waals surface area contributed by atoms with Crippen molar-refractivity contribution >= 4 is 33.2 Å². The zero-order valence-electron chi connectivity index (χ0n) is 9.44. The number of rotatable bonds is 3. The molecule has 3 nitrogen and oxygen atoms in total. The van der Waals surface area contributed by atoms with Crippen LogP contribution in [0.2, 0.25) is 0 Å². The smallest absolute Gasteiger partial charge is 0.358 e. The summed E-state index contributed by atoms with van der Waals surface area (Å²) >= 11 is 4.49. The van der Waals surface area contributed by atoms with Gasteiger partial charge in [0.1, 0.15) is 5.82 Å². The largest absolute Gasteiger partial charge is 0.461 e. The highest BCUT2D eigenvalue weighted by molar-refractivity contribution is 9.11.